The van der Waals surface area contributed by atoms with E-state index in [2.05, 4.69) is 10.2 Å². The van der Waals surface area contributed by atoms with Gasteiger partial charge in [-0.1, -0.05) is 0 Å². The number of morpholine rings is 1. The van der Waals surface area contributed by atoms with E-state index >= 15 is 0 Å². The molecule has 1 fully saturated rings. The van der Waals surface area contributed by atoms with Crippen LogP contribution in [0.3, 0.4) is 0 Å². The average molecular weight is 230 g/mol. The van der Waals surface area contributed by atoms with E-state index in [0.29, 0.717) is 13.2 Å². The summed E-state index contributed by atoms with van der Waals surface area (Å²) < 4.78 is 10.4. The van der Waals surface area contributed by atoms with Gasteiger partial charge in [-0.05, 0) is 20.9 Å². The SMILES string of the molecule is CCOC(=O)C(C)(CN1CCOCC1)NC. The van der Waals surface area contributed by atoms with Crippen LogP contribution in [0.15, 0.2) is 0 Å². The highest BCUT2D eigenvalue weighted by Crippen LogP contribution is 2.10. The minimum absolute atomic E-state index is 0.191. The summed E-state index contributed by atoms with van der Waals surface area (Å²) in [5.41, 5.74) is -0.632. The van der Waals surface area contributed by atoms with Crippen molar-refractivity contribution in [2.75, 3.05) is 46.5 Å². The third-order valence-electron chi connectivity index (χ3n) is 2.92. The Morgan fingerprint density at radius 3 is 2.62 bits per heavy atom. The molecule has 0 spiro atoms. The van der Waals surface area contributed by atoms with Gasteiger partial charge in [0.15, 0.2) is 0 Å². The van der Waals surface area contributed by atoms with Crippen LogP contribution in [0.25, 0.3) is 0 Å². The van der Waals surface area contributed by atoms with Gasteiger partial charge in [-0.3, -0.25) is 9.69 Å². The van der Waals surface area contributed by atoms with Crippen molar-refractivity contribution in [1.29, 1.82) is 0 Å². The number of hydrogen-bond donors (Lipinski definition) is 1. The molecule has 0 aliphatic carbocycles. The molecule has 94 valence electrons. The van der Waals surface area contributed by atoms with Gasteiger partial charge < -0.3 is 14.8 Å². The lowest BCUT2D eigenvalue weighted by molar-refractivity contribution is -0.151. The second-order valence-corrected chi connectivity index (χ2v) is 4.19. The Bertz CT molecular complexity index is 229. The van der Waals surface area contributed by atoms with Crippen LogP contribution in [0.5, 0.6) is 0 Å². The van der Waals surface area contributed by atoms with E-state index in [4.69, 9.17) is 9.47 Å². The highest BCUT2D eigenvalue weighted by Gasteiger charge is 2.35. The van der Waals surface area contributed by atoms with Crippen molar-refractivity contribution in [3.63, 3.8) is 0 Å². The number of ether oxygens (including phenoxy) is 2. The number of esters is 1. The van der Waals surface area contributed by atoms with Crippen LogP contribution < -0.4 is 5.32 Å². The van der Waals surface area contributed by atoms with Crippen LogP contribution in [0, 0.1) is 0 Å². The van der Waals surface area contributed by atoms with E-state index < -0.39 is 5.54 Å². The Kier molecular flexibility index (Phi) is 5.18. The predicted octanol–water partition coefficient (Wildman–Crippen LogP) is -0.140. The molecule has 1 rings (SSSR count). The molecule has 1 N–H and O–H groups in total. The molecular formula is C11H22N2O3. The number of likely N-dealkylation sites (N-methyl/N-ethyl adjacent to an activating group) is 1. The van der Waals surface area contributed by atoms with Gasteiger partial charge in [0.25, 0.3) is 0 Å². The summed E-state index contributed by atoms with van der Waals surface area (Å²) in [7, 11) is 1.79. The highest BCUT2D eigenvalue weighted by atomic mass is 16.5. The monoisotopic (exact) mass is 230 g/mol. The first-order valence-electron chi connectivity index (χ1n) is 5.78. The molecule has 16 heavy (non-hydrogen) atoms. The molecule has 0 amide bonds. The van der Waals surface area contributed by atoms with Crippen LogP contribution >= 0.6 is 0 Å². The number of carbonyl (C=O) groups is 1. The Balaban J connectivity index is 2.53. The molecular weight excluding hydrogens is 208 g/mol. The van der Waals surface area contributed by atoms with E-state index in [1.54, 1.807) is 7.05 Å². The normalized spacial score (nSPS) is 21.4. The zero-order valence-corrected chi connectivity index (χ0v) is 10.4. The molecule has 1 atom stereocenters. The Morgan fingerprint density at radius 2 is 2.12 bits per heavy atom. The quantitative estimate of drug-likeness (QED) is 0.666. The van der Waals surface area contributed by atoms with Crippen molar-refractivity contribution in [2.45, 2.75) is 19.4 Å². The summed E-state index contributed by atoms with van der Waals surface area (Å²) in [5.74, 6) is -0.191. The lowest BCUT2D eigenvalue weighted by Gasteiger charge is -2.35. The van der Waals surface area contributed by atoms with Crippen molar-refractivity contribution < 1.29 is 14.3 Å². The van der Waals surface area contributed by atoms with Crippen molar-refractivity contribution in [3.05, 3.63) is 0 Å². The molecule has 1 unspecified atom stereocenters. The number of nitrogens with zero attached hydrogens (tertiary/aromatic N) is 1. The molecule has 0 bridgehead atoms. The second kappa shape index (κ2) is 6.18. The number of rotatable bonds is 5. The van der Waals surface area contributed by atoms with Crippen molar-refractivity contribution >= 4 is 5.97 Å². The smallest absolute Gasteiger partial charge is 0.327 e. The summed E-state index contributed by atoms with van der Waals surface area (Å²) in [5, 5.41) is 3.05. The highest BCUT2D eigenvalue weighted by molar-refractivity contribution is 5.80. The molecule has 0 aromatic heterocycles. The lowest BCUT2D eigenvalue weighted by Crippen LogP contribution is -2.57. The standard InChI is InChI=1S/C11H22N2O3/c1-4-16-10(14)11(2,12-3)9-13-5-7-15-8-6-13/h12H,4-9H2,1-3H3. The fraction of sp³-hybridized carbons (Fsp3) is 0.909. The van der Waals surface area contributed by atoms with Crippen LogP contribution in [0.1, 0.15) is 13.8 Å². The third-order valence-corrected chi connectivity index (χ3v) is 2.92. The molecule has 5 heteroatoms. The summed E-state index contributed by atoms with van der Waals surface area (Å²) in [6.07, 6.45) is 0. The van der Waals surface area contributed by atoms with E-state index in [1.165, 1.54) is 0 Å². The summed E-state index contributed by atoms with van der Waals surface area (Å²) >= 11 is 0. The van der Waals surface area contributed by atoms with Gasteiger partial charge in [0, 0.05) is 19.6 Å². The van der Waals surface area contributed by atoms with Crippen LogP contribution in [-0.2, 0) is 14.3 Å². The fourth-order valence-corrected chi connectivity index (χ4v) is 1.74. The van der Waals surface area contributed by atoms with Gasteiger partial charge in [0.2, 0.25) is 0 Å². The molecule has 0 saturated carbocycles. The van der Waals surface area contributed by atoms with Gasteiger partial charge in [-0.15, -0.1) is 0 Å². The molecule has 0 aromatic rings. The summed E-state index contributed by atoms with van der Waals surface area (Å²) in [4.78, 5) is 14.0. The molecule has 1 saturated heterocycles. The van der Waals surface area contributed by atoms with Crippen LogP contribution in [0.4, 0.5) is 0 Å². The summed E-state index contributed by atoms with van der Waals surface area (Å²) in [6, 6.07) is 0. The van der Waals surface area contributed by atoms with E-state index in [9.17, 15) is 4.79 Å². The van der Waals surface area contributed by atoms with Gasteiger partial charge in [0.05, 0.1) is 19.8 Å². The molecule has 5 nitrogen and oxygen atoms in total. The maximum absolute atomic E-state index is 11.8. The largest absolute Gasteiger partial charge is 0.465 e. The third kappa shape index (κ3) is 3.43. The zero-order valence-electron chi connectivity index (χ0n) is 10.4. The van der Waals surface area contributed by atoms with Crippen molar-refractivity contribution in [3.8, 4) is 0 Å². The minimum Gasteiger partial charge on any atom is -0.465 e. The second-order valence-electron chi connectivity index (χ2n) is 4.19. The Morgan fingerprint density at radius 1 is 1.50 bits per heavy atom. The number of hydrogen-bond acceptors (Lipinski definition) is 5. The topological polar surface area (TPSA) is 50.8 Å². The number of nitrogens with one attached hydrogen (secondary N) is 1. The first kappa shape index (κ1) is 13.4. The number of carbonyl (C=O) groups excluding carboxylic acids is 1. The molecule has 1 aliphatic heterocycles. The van der Waals surface area contributed by atoms with E-state index in [1.807, 2.05) is 13.8 Å². The van der Waals surface area contributed by atoms with Crippen LogP contribution in [-0.4, -0.2) is 62.9 Å². The fourth-order valence-electron chi connectivity index (χ4n) is 1.74. The Hall–Kier alpha value is -0.650. The molecule has 0 radical (unpaired) electrons. The van der Waals surface area contributed by atoms with Gasteiger partial charge >= 0.3 is 5.97 Å². The molecule has 1 heterocycles. The van der Waals surface area contributed by atoms with Crippen molar-refractivity contribution in [1.82, 2.24) is 10.2 Å². The van der Waals surface area contributed by atoms with Crippen molar-refractivity contribution in [2.24, 2.45) is 0 Å². The summed E-state index contributed by atoms with van der Waals surface area (Å²) in [6.45, 7) is 7.99. The zero-order chi connectivity index (χ0) is 12.0. The first-order chi connectivity index (χ1) is 7.62. The molecule has 1 aliphatic rings. The average Bonchev–Trinajstić information content (AvgIpc) is 2.30. The minimum atomic E-state index is -0.632. The maximum Gasteiger partial charge on any atom is 0.327 e. The van der Waals surface area contributed by atoms with Crippen LogP contribution in [0.2, 0.25) is 0 Å². The van der Waals surface area contributed by atoms with E-state index in [0.717, 1.165) is 26.3 Å². The Labute approximate surface area is 97.1 Å². The first-order valence-corrected chi connectivity index (χ1v) is 5.78. The van der Waals surface area contributed by atoms with E-state index in [-0.39, 0.29) is 5.97 Å². The van der Waals surface area contributed by atoms with Gasteiger partial charge in [-0.25, -0.2) is 0 Å². The van der Waals surface area contributed by atoms with Gasteiger partial charge in [0.1, 0.15) is 5.54 Å². The predicted molar refractivity (Wildman–Crippen MR) is 61.4 cm³/mol. The van der Waals surface area contributed by atoms with Gasteiger partial charge in [-0.2, -0.15) is 0 Å². The molecule has 0 aromatic carbocycles. The lowest BCUT2D eigenvalue weighted by atomic mass is 10.0. The maximum atomic E-state index is 11.8.